The summed E-state index contributed by atoms with van der Waals surface area (Å²) in [6.07, 6.45) is 5.61. The van der Waals surface area contributed by atoms with E-state index < -0.39 is 16.2 Å². The molecule has 0 radical (unpaired) electrons. The Kier molecular flexibility index (Phi) is 21.6. The number of halogens is 3. The van der Waals surface area contributed by atoms with E-state index in [1.165, 1.54) is 0 Å². The summed E-state index contributed by atoms with van der Waals surface area (Å²) < 4.78 is 59.9. The van der Waals surface area contributed by atoms with Gasteiger partial charge in [0.1, 0.15) is 39.8 Å². The molecule has 0 N–H and O–H groups in total. The highest BCUT2D eigenvalue weighted by Gasteiger charge is 2.51. The van der Waals surface area contributed by atoms with E-state index in [0.29, 0.717) is 0 Å². The second-order valence-corrected chi connectivity index (χ2v) is 39.0. The fraction of sp³-hybridized carbons (Fsp3) is 0.0213. The molecule has 710 valence electrons. The van der Waals surface area contributed by atoms with Crippen LogP contribution in [0.2, 0.25) is 0 Å². The van der Waals surface area contributed by atoms with Crippen molar-refractivity contribution >= 4 is 130 Å². The zero-order valence-corrected chi connectivity index (χ0v) is 81.6. The zero-order chi connectivity index (χ0) is 100. The average Bonchev–Trinajstić information content (AvgIpc) is 1.54. The third kappa shape index (κ3) is 14.5. The van der Waals surface area contributed by atoms with Crippen molar-refractivity contribution in [3.8, 4) is 55.6 Å². The van der Waals surface area contributed by atoms with Gasteiger partial charge in [-0.15, -0.1) is 0 Å². The first-order chi connectivity index (χ1) is 73.9. The predicted molar refractivity (Wildman–Crippen MR) is 613 cm³/mol. The van der Waals surface area contributed by atoms with Gasteiger partial charge >= 0.3 is 0 Å². The van der Waals surface area contributed by atoms with E-state index in [1.54, 1.807) is 36.4 Å². The number of hydrogen-bond acceptors (Lipinski definition) is 6. The molecule has 0 saturated heterocycles. The summed E-state index contributed by atoms with van der Waals surface area (Å²) in [5.41, 5.74) is 37.8. The quantitative estimate of drug-likeness (QED) is 0.0636. The Hall–Kier alpha value is -19.4. The highest BCUT2D eigenvalue weighted by Crippen LogP contribution is 2.63. The van der Waals surface area contributed by atoms with E-state index in [0.717, 1.165) is 251 Å². The maximum absolute atomic E-state index is 16.0. The Morgan fingerprint density at radius 1 is 0.173 bits per heavy atom. The number of para-hydroxylation sites is 4. The lowest BCUT2D eigenvalue weighted by Crippen LogP contribution is -2.29. The summed E-state index contributed by atoms with van der Waals surface area (Å²) in [4.78, 5) is 9.30. The minimum absolute atomic E-state index is 0.299. The molecule has 6 nitrogen and oxygen atoms in total. The lowest BCUT2D eigenvalue weighted by Gasteiger charge is -2.36. The molecular formula is C141H93F3N4O2. The minimum Gasteiger partial charge on any atom is -0.456 e. The Morgan fingerprint density at radius 2 is 0.387 bits per heavy atom. The van der Waals surface area contributed by atoms with Crippen molar-refractivity contribution in [3.05, 3.63) is 630 Å². The number of fused-ring (bicyclic) bond motifs is 15. The molecule has 27 rings (SSSR count). The van der Waals surface area contributed by atoms with Gasteiger partial charge in [0.05, 0.1) is 16.2 Å². The lowest BCUT2D eigenvalue weighted by molar-refractivity contribution is 0.624. The Bertz CT molecular complexity index is 8940. The summed E-state index contributed by atoms with van der Waals surface area (Å²) in [7, 11) is 0. The molecular weight excluding hydrogens is 1840 g/mol. The first kappa shape index (κ1) is 89.5. The molecule has 0 saturated carbocycles. The van der Waals surface area contributed by atoms with Crippen LogP contribution in [-0.2, 0) is 16.2 Å². The van der Waals surface area contributed by atoms with Gasteiger partial charge in [-0.1, -0.05) is 341 Å². The van der Waals surface area contributed by atoms with Gasteiger partial charge in [-0.05, 0) is 333 Å². The molecule has 2 heterocycles. The first-order valence-corrected chi connectivity index (χ1v) is 50.7. The standard InChI is InChI=1S/C141H93F3N4O2/c1-4-91-33-47-98(48-34-91)139(101-53-59-104(142)60-54-101)129-29-17-13-25-119(129)121-79-75-115(87-131(121)139)147(117-77-83-127-125-27-15-19-31-135(125)149-137(127)89-117)111-69-43-96(44-70-111)94-39-65-109(66-40-94)145(107-21-9-7-10-22-107)113-73-81-123-124-82-74-114(86-134(124)141(133(123)85-113,103-57-63-106(144)64-58-103)100-51-37-93(6-3)38-52-100)146(108-23-11-8-12-24-108)110-67-41-95(42-68-110)97-45-71-112(72-46-97)148(118-78-84-128-126-28-16-20-32-136(126)150-138(128)90-118)116-76-80-122-120-26-14-18-30-130(120)140(132(122)88-116,102-55-61-105(143)62-56-102)99-49-35-92(5-2)36-50-99/h4-90H,1-3H2. The van der Waals surface area contributed by atoms with Crippen LogP contribution in [0.5, 0.6) is 0 Å². The molecule has 0 fully saturated rings. The average molecular weight is 1930 g/mol. The maximum atomic E-state index is 16.0. The molecule has 150 heavy (non-hydrogen) atoms. The van der Waals surface area contributed by atoms with E-state index in [1.807, 2.05) is 78.9 Å². The zero-order valence-electron chi connectivity index (χ0n) is 81.6. The van der Waals surface area contributed by atoms with Crippen molar-refractivity contribution in [2.24, 2.45) is 0 Å². The smallest absolute Gasteiger partial charge is 0.137 e. The molecule has 3 aliphatic rings. The van der Waals surface area contributed by atoms with Crippen molar-refractivity contribution < 1.29 is 22.0 Å². The van der Waals surface area contributed by atoms with Crippen molar-refractivity contribution in [2.45, 2.75) is 16.2 Å². The molecule has 0 bridgehead atoms. The summed E-state index contributed by atoms with van der Waals surface area (Å²) in [6.45, 7) is 12.4. The van der Waals surface area contributed by atoms with Crippen LogP contribution in [0.15, 0.2) is 538 Å². The second kappa shape index (κ2) is 36.1. The van der Waals surface area contributed by atoms with Crippen LogP contribution in [0.25, 0.3) is 118 Å². The molecule has 3 aliphatic carbocycles. The van der Waals surface area contributed by atoms with E-state index in [2.05, 4.69) is 452 Å². The van der Waals surface area contributed by atoms with E-state index in [9.17, 15) is 0 Å². The van der Waals surface area contributed by atoms with E-state index in [4.69, 9.17) is 8.83 Å². The monoisotopic (exact) mass is 1930 g/mol. The number of benzene rings is 22. The number of rotatable bonds is 23. The van der Waals surface area contributed by atoms with Crippen molar-refractivity contribution in [3.63, 3.8) is 0 Å². The van der Waals surface area contributed by atoms with Crippen LogP contribution in [0, 0.1) is 17.5 Å². The van der Waals surface area contributed by atoms with Gasteiger partial charge in [0.2, 0.25) is 0 Å². The maximum Gasteiger partial charge on any atom is 0.137 e. The molecule has 2 unspecified atom stereocenters. The van der Waals surface area contributed by atoms with Gasteiger partial charge in [0.15, 0.2) is 0 Å². The van der Waals surface area contributed by atoms with E-state index in [-0.39, 0.29) is 17.5 Å². The molecule has 24 aromatic rings. The molecule has 2 atom stereocenters. The van der Waals surface area contributed by atoms with Gasteiger partial charge in [0, 0.05) is 102 Å². The fourth-order valence-corrected chi connectivity index (χ4v) is 24.3. The number of hydrogen-bond donors (Lipinski definition) is 0. The molecule has 0 aliphatic heterocycles. The van der Waals surface area contributed by atoms with Gasteiger partial charge in [-0.2, -0.15) is 0 Å². The van der Waals surface area contributed by atoms with Crippen molar-refractivity contribution in [1.29, 1.82) is 0 Å². The normalized spacial score (nSPS) is 14.9. The third-order valence-electron chi connectivity index (χ3n) is 31.2. The summed E-state index contributed by atoms with van der Waals surface area (Å²) in [5.74, 6) is -0.931. The van der Waals surface area contributed by atoms with Crippen LogP contribution < -0.4 is 19.6 Å². The van der Waals surface area contributed by atoms with Crippen LogP contribution in [0.1, 0.15) is 83.5 Å². The largest absolute Gasteiger partial charge is 0.456 e. The van der Waals surface area contributed by atoms with E-state index >= 15 is 13.2 Å². The van der Waals surface area contributed by atoms with Crippen molar-refractivity contribution in [1.82, 2.24) is 0 Å². The van der Waals surface area contributed by atoms with Crippen molar-refractivity contribution in [2.75, 3.05) is 19.6 Å². The topological polar surface area (TPSA) is 39.2 Å². The SMILES string of the molecule is C=Cc1ccc(C2(c3ccc(F)cc3)c3ccccc3-c3ccc(N(c4ccc(-c5ccc(N(c6ccccc6)c6ccc7c(c6)C(c6ccc(F)cc6)(c6ccc(C=C)cc6)c6cc(N(c8ccccc8)c8ccc(-c9ccc(N(c%10ccc%11c(c%10)C(c%10ccc(F)cc%10)(c%10ccc(C=C)cc%10)c%10ccccc%10-%11)c%10ccc%11c(c%10)oc%10ccccc%10%11)cc9)cc8)ccc6-7)cc5)cc4)c4ccc5c(c4)oc4ccccc45)cc32)cc1. The van der Waals surface area contributed by atoms with Crippen LogP contribution >= 0.6 is 0 Å². The van der Waals surface area contributed by atoms with Crippen LogP contribution in [0.3, 0.4) is 0 Å². The second-order valence-electron chi connectivity index (χ2n) is 39.0. The van der Waals surface area contributed by atoms with Gasteiger partial charge in [0.25, 0.3) is 0 Å². The number of anilines is 12. The molecule has 0 spiro atoms. The summed E-state index contributed by atoms with van der Waals surface area (Å²) in [6, 6.07) is 178. The molecule has 2 aromatic heterocycles. The number of nitrogens with zero attached hydrogens (tertiary/aromatic N) is 4. The number of furan rings is 2. The van der Waals surface area contributed by atoms with Gasteiger partial charge in [-0.25, -0.2) is 13.2 Å². The summed E-state index contributed by atoms with van der Waals surface area (Å²) >= 11 is 0. The Labute approximate surface area is 868 Å². The van der Waals surface area contributed by atoms with Crippen LogP contribution in [0.4, 0.5) is 81.4 Å². The lowest BCUT2D eigenvalue weighted by atomic mass is 9.67. The minimum atomic E-state index is -1.02. The molecule has 22 aromatic carbocycles. The van der Waals surface area contributed by atoms with Crippen LogP contribution in [-0.4, -0.2) is 0 Å². The molecule has 9 heteroatoms. The fourth-order valence-electron chi connectivity index (χ4n) is 24.3. The summed E-state index contributed by atoms with van der Waals surface area (Å²) in [5, 5.41) is 4.16. The highest BCUT2D eigenvalue weighted by molar-refractivity contribution is 6.08. The Morgan fingerprint density at radius 3 is 0.680 bits per heavy atom. The Balaban J connectivity index is 0.542. The van der Waals surface area contributed by atoms with Gasteiger partial charge in [-0.3, -0.25) is 0 Å². The predicted octanol–water partition coefficient (Wildman–Crippen LogP) is 38.1. The first-order valence-electron chi connectivity index (χ1n) is 50.7. The third-order valence-corrected chi connectivity index (χ3v) is 31.2. The highest BCUT2D eigenvalue weighted by atomic mass is 19.1. The molecule has 0 amide bonds. The van der Waals surface area contributed by atoms with Gasteiger partial charge < -0.3 is 28.4 Å².